The maximum atomic E-state index is 13.2. The predicted molar refractivity (Wildman–Crippen MR) is 95.2 cm³/mol. The maximum absolute atomic E-state index is 13.2. The second-order valence-corrected chi connectivity index (χ2v) is 7.47. The van der Waals surface area contributed by atoms with Crippen LogP contribution < -0.4 is 10.2 Å². The molecule has 27 heavy (non-hydrogen) atoms. The molecule has 1 aliphatic carbocycles. The van der Waals surface area contributed by atoms with Crippen molar-refractivity contribution in [3.63, 3.8) is 0 Å². The van der Waals surface area contributed by atoms with E-state index < -0.39 is 17.7 Å². The van der Waals surface area contributed by atoms with Crippen molar-refractivity contribution in [3.8, 4) is 6.07 Å². The molecule has 1 unspecified atom stereocenters. The van der Waals surface area contributed by atoms with Crippen molar-refractivity contribution < 1.29 is 13.6 Å². The Balaban J connectivity index is 1.58. The molecule has 0 radical (unpaired) electrons. The Labute approximate surface area is 155 Å². The molecule has 4 rings (SSSR count). The zero-order chi connectivity index (χ0) is 19.2. The largest absolute Gasteiger partial charge is 0.367 e. The van der Waals surface area contributed by atoms with Crippen LogP contribution in [-0.4, -0.2) is 40.9 Å². The average Bonchev–Trinajstić information content (AvgIpc) is 3.29. The Morgan fingerprint density at radius 2 is 2.00 bits per heavy atom. The van der Waals surface area contributed by atoms with Crippen LogP contribution in [0, 0.1) is 23.2 Å². The van der Waals surface area contributed by atoms with Gasteiger partial charge in [0.2, 0.25) is 5.91 Å². The average molecular weight is 371 g/mol. The fraction of sp³-hybridized carbons (Fsp3) is 0.474. The van der Waals surface area contributed by atoms with Crippen LogP contribution in [0.1, 0.15) is 25.3 Å². The number of nitriles is 1. The predicted octanol–water partition coefficient (Wildman–Crippen LogP) is 2.49. The molecular weight excluding hydrogens is 352 g/mol. The highest BCUT2D eigenvalue weighted by Crippen LogP contribution is 2.48. The van der Waals surface area contributed by atoms with Crippen LogP contribution >= 0.6 is 0 Å². The van der Waals surface area contributed by atoms with Gasteiger partial charge in [0, 0.05) is 37.9 Å². The minimum Gasteiger partial charge on any atom is -0.367 e. The van der Waals surface area contributed by atoms with Crippen molar-refractivity contribution in [2.24, 2.45) is 11.8 Å². The lowest BCUT2D eigenvalue weighted by atomic mass is 9.95. The Bertz CT molecular complexity index is 941. The van der Waals surface area contributed by atoms with Crippen LogP contribution in [0.15, 0.2) is 24.5 Å². The third-order valence-corrected chi connectivity index (χ3v) is 5.21. The molecule has 140 valence electrons. The van der Waals surface area contributed by atoms with Gasteiger partial charge in [-0.05, 0) is 24.5 Å². The molecule has 1 aromatic carbocycles. The minimum absolute atomic E-state index is 0.208. The number of halogens is 2. The summed E-state index contributed by atoms with van der Waals surface area (Å²) in [4.78, 5) is 22.8. The molecule has 1 saturated carbocycles. The molecule has 3 atom stereocenters. The number of carbonyl (C=O) groups is 1. The molecule has 2 heterocycles. The minimum atomic E-state index is -2.86. The second-order valence-electron chi connectivity index (χ2n) is 7.47. The van der Waals surface area contributed by atoms with E-state index in [0.717, 1.165) is 18.7 Å². The summed E-state index contributed by atoms with van der Waals surface area (Å²) in [5.41, 5.74) is 2.45. The molecule has 2 fully saturated rings. The van der Waals surface area contributed by atoms with E-state index >= 15 is 0 Å². The number of hydrogen-bond donors (Lipinski definition) is 1. The van der Waals surface area contributed by atoms with E-state index in [1.165, 1.54) is 0 Å². The molecular formula is C19H19F2N5O. The first-order valence-electron chi connectivity index (χ1n) is 8.96. The Kier molecular flexibility index (Phi) is 4.17. The molecule has 1 amide bonds. The normalized spacial score (nSPS) is 26.4. The van der Waals surface area contributed by atoms with Gasteiger partial charge in [0.05, 0.1) is 11.3 Å². The van der Waals surface area contributed by atoms with Gasteiger partial charge < -0.3 is 10.2 Å². The van der Waals surface area contributed by atoms with Gasteiger partial charge in [-0.2, -0.15) is 5.26 Å². The van der Waals surface area contributed by atoms with E-state index in [1.54, 1.807) is 18.5 Å². The summed E-state index contributed by atoms with van der Waals surface area (Å²) in [6, 6.07) is 5.46. The lowest BCUT2D eigenvalue weighted by molar-refractivity contribution is -0.125. The second kappa shape index (κ2) is 6.41. The highest BCUT2D eigenvalue weighted by Gasteiger charge is 2.61. The van der Waals surface area contributed by atoms with Gasteiger partial charge in [0.15, 0.2) is 0 Å². The van der Waals surface area contributed by atoms with Crippen LogP contribution in [0.2, 0.25) is 0 Å². The lowest BCUT2D eigenvalue weighted by Gasteiger charge is -2.38. The van der Waals surface area contributed by atoms with Crippen LogP contribution in [-0.2, 0) is 4.79 Å². The first-order chi connectivity index (χ1) is 12.9. The van der Waals surface area contributed by atoms with Gasteiger partial charge in [-0.1, -0.05) is 6.92 Å². The van der Waals surface area contributed by atoms with Gasteiger partial charge in [-0.3, -0.25) is 14.8 Å². The molecule has 0 bridgehead atoms. The summed E-state index contributed by atoms with van der Waals surface area (Å²) >= 11 is 0. The van der Waals surface area contributed by atoms with E-state index in [2.05, 4.69) is 33.2 Å². The van der Waals surface area contributed by atoms with Crippen LogP contribution in [0.4, 0.5) is 14.5 Å². The molecule has 6 nitrogen and oxygen atoms in total. The molecule has 1 aliphatic heterocycles. The number of amides is 1. The van der Waals surface area contributed by atoms with Crippen molar-refractivity contribution in [1.82, 2.24) is 15.3 Å². The topological polar surface area (TPSA) is 81.9 Å². The summed E-state index contributed by atoms with van der Waals surface area (Å²) in [6.07, 6.45) is 3.50. The number of carbonyl (C=O) groups excluding carboxylic acids is 1. The van der Waals surface area contributed by atoms with Crippen LogP contribution in [0.25, 0.3) is 11.0 Å². The number of piperidine rings is 1. The molecule has 2 aromatic rings. The third-order valence-electron chi connectivity index (χ3n) is 5.21. The fourth-order valence-electron chi connectivity index (χ4n) is 3.84. The number of alkyl halides is 2. The zero-order valence-electron chi connectivity index (χ0n) is 14.8. The lowest BCUT2D eigenvalue weighted by Crippen LogP contribution is -2.51. The first-order valence-corrected chi connectivity index (χ1v) is 8.96. The zero-order valence-corrected chi connectivity index (χ0v) is 14.8. The molecule has 2 aliphatic rings. The molecule has 1 saturated heterocycles. The van der Waals surface area contributed by atoms with Gasteiger partial charge in [-0.25, -0.2) is 8.78 Å². The Morgan fingerprint density at radius 1 is 1.30 bits per heavy atom. The van der Waals surface area contributed by atoms with E-state index in [4.69, 9.17) is 0 Å². The van der Waals surface area contributed by atoms with Gasteiger partial charge in [-0.15, -0.1) is 0 Å². The number of hydrogen-bond acceptors (Lipinski definition) is 5. The van der Waals surface area contributed by atoms with Gasteiger partial charge >= 0.3 is 0 Å². The monoisotopic (exact) mass is 371 g/mol. The van der Waals surface area contributed by atoms with Crippen LogP contribution in [0.5, 0.6) is 0 Å². The van der Waals surface area contributed by atoms with E-state index in [0.29, 0.717) is 23.1 Å². The molecule has 1 aromatic heterocycles. The number of fused-ring (bicyclic) bond motifs is 1. The molecule has 0 spiro atoms. The highest BCUT2D eigenvalue weighted by molar-refractivity contribution is 5.92. The number of anilines is 1. The van der Waals surface area contributed by atoms with Crippen molar-refractivity contribution in [1.29, 1.82) is 5.26 Å². The maximum Gasteiger partial charge on any atom is 0.260 e. The number of aromatic nitrogens is 2. The number of rotatable bonds is 3. The fourth-order valence-corrected chi connectivity index (χ4v) is 3.84. The van der Waals surface area contributed by atoms with Crippen molar-refractivity contribution >= 4 is 22.6 Å². The smallest absolute Gasteiger partial charge is 0.260 e. The molecule has 8 heteroatoms. The van der Waals surface area contributed by atoms with E-state index in [9.17, 15) is 18.8 Å². The summed E-state index contributed by atoms with van der Waals surface area (Å²) in [6.45, 7) is 3.32. The van der Waals surface area contributed by atoms with Crippen molar-refractivity contribution in [3.05, 3.63) is 30.1 Å². The third kappa shape index (κ3) is 3.29. The summed E-state index contributed by atoms with van der Waals surface area (Å²) in [5.74, 6) is -4.34. The summed E-state index contributed by atoms with van der Waals surface area (Å²) < 4.78 is 26.3. The SMILES string of the molecule is C[C@H]1C[C@@H](NC(=O)C2CC2(F)F)CN(c2ccc(C#N)c3nccnc23)C1. The summed E-state index contributed by atoms with van der Waals surface area (Å²) in [7, 11) is 0. The van der Waals surface area contributed by atoms with E-state index in [1.807, 2.05) is 6.07 Å². The molecule has 1 N–H and O–H groups in total. The number of nitrogens with zero attached hydrogens (tertiary/aromatic N) is 4. The quantitative estimate of drug-likeness (QED) is 0.896. The summed E-state index contributed by atoms with van der Waals surface area (Å²) in [5, 5.41) is 12.1. The van der Waals surface area contributed by atoms with Crippen LogP contribution in [0.3, 0.4) is 0 Å². The number of nitrogens with one attached hydrogen (secondary N) is 1. The van der Waals surface area contributed by atoms with Gasteiger partial charge in [0.25, 0.3) is 5.92 Å². The van der Waals surface area contributed by atoms with Gasteiger partial charge in [0.1, 0.15) is 23.0 Å². The Morgan fingerprint density at radius 3 is 2.67 bits per heavy atom. The highest BCUT2D eigenvalue weighted by atomic mass is 19.3. The number of benzene rings is 1. The first kappa shape index (κ1) is 17.6. The van der Waals surface area contributed by atoms with Crippen molar-refractivity contribution in [2.75, 3.05) is 18.0 Å². The van der Waals surface area contributed by atoms with Crippen molar-refractivity contribution in [2.45, 2.75) is 31.7 Å². The Hall–Kier alpha value is -2.82. The van der Waals surface area contributed by atoms with E-state index in [-0.39, 0.29) is 18.4 Å². The standard InChI is InChI=1S/C19H19F2N5O/c1-11-6-13(25-18(27)14-7-19(14,20)21)10-26(9-11)15-3-2-12(8-22)16-17(15)24-5-4-23-16/h2-5,11,13-14H,6-7,9-10H2,1H3,(H,25,27)/t11-,13+,14?/m0/s1.